The first-order valence-corrected chi connectivity index (χ1v) is 4.51. The Morgan fingerprint density at radius 1 is 1.29 bits per heavy atom. The molecule has 0 aliphatic rings. The summed E-state index contributed by atoms with van der Waals surface area (Å²) >= 11 is 5.76. The van der Waals surface area contributed by atoms with Crippen molar-refractivity contribution in [3.63, 3.8) is 0 Å². The fourth-order valence-electron chi connectivity index (χ4n) is 1.19. The number of nitrogens with zero attached hydrogens (tertiary/aromatic N) is 2. The standard InChI is InChI=1S/C9H9ClN4/c10-7-3-1-6(2-4-7)8(11)9-12-5-13-14-9/h1-5,8H,11H2,(H,12,13,14)/t8-/m0/s1. The molecular formula is C9H9ClN4. The molecule has 14 heavy (non-hydrogen) atoms. The summed E-state index contributed by atoms with van der Waals surface area (Å²) in [5, 5.41) is 7.17. The minimum absolute atomic E-state index is 0.283. The summed E-state index contributed by atoms with van der Waals surface area (Å²) in [6.07, 6.45) is 1.44. The van der Waals surface area contributed by atoms with E-state index < -0.39 is 0 Å². The fourth-order valence-corrected chi connectivity index (χ4v) is 1.32. The lowest BCUT2D eigenvalue weighted by molar-refractivity contribution is 0.787. The van der Waals surface area contributed by atoms with Crippen molar-refractivity contribution in [2.24, 2.45) is 5.73 Å². The molecular weight excluding hydrogens is 200 g/mol. The molecule has 2 rings (SSSR count). The van der Waals surface area contributed by atoms with Crippen molar-refractivity contribution >= 4 is 11.6 Å². The summed E-state index contributed by atoms with van der Waals surface area (Å²) in [4.78, 5) is 3.99. The molecule has 0 spiro atoms. The Morgan fingerprint density at radius 2 is 2.00 bits per heavy atom. The second kappa shape index (κ2) is 3.77. The van der Waals surface area contributed by atoms with Gasteiger partial charge in [-0.2, -0.15) is 5.10 Å². The SMILES string of the molecule is N[C@@H](c1ccc(Cl)cc1)c1ncn[nH]1. The van der Waals surface area contributed by atoms with Gasteiger partial charge < -0.3 is 5.73 Å². The van der Waals surface area contributed by atoms with Crippen LogP contribution in [0.25, 0.3) is 0 Å². The third-order valence-electron chi connectivity index (χ3n) is 1.96. The van der Waals surface area contributed by atoms with Gasteiger partial charge in [0.2, 0.25) is 0 Å². The molecule has 0 saturated heterocycles. The van der Waals surface area contributed by atoms with E-state index in [0.29, 0.717) is 10.8 Å². The molecule has 3 N–H and O–H groups in total. The van der Waals surface area contributed by atoms with Crippen LogP contribution in [0, 0.1) is 0 Å². The largest absolute Gasteiger partial charge is 0.318 e. The van der Waals surface area contributed by atoms with Crippen molar-refractivity contribution in [1.82, 2.24) is 15.2 Å². The number of benzene rings is 1. The van der Waals surface area contributed by atoms with E-state index in [1.54, 1.807) is 12.1 Å². The van der Waals surface area contributed by atoms with Crippen molar-refractivity contribution in [1.29, 1.82) is 0 Å². The molecule has 4 nitrogen and oxygen atoms in total. The van der Waals surface area contributed by atoms with Gasteiger partial charge in [-0.3, -0.25) is 5.10 Å². The van der Waals surface area contributed by atoms with Gasteiger partial charge >= 0.3 is 0 Å². The van der Waals surface area contributed by atoms with Crippen LogP contribution in [0.1, 0.15) is 17.4 Å². The van der Waals surface area contributed by atoms with E-state index in [4.69, 9.17) is 17.3 Å². The molecule has 0 fully saturated rings. The highest BCUT2D eigenvalue weighted by molar-refractivity contribution is 6.30. The van der Waals surface area contributed by atoms with Gasteiger partial charge in [-0.1, -0.05) is 23.7 Å². The molecule has 0 bridgehead atoms. The summed E-state index contributed by atoms with van der Waals surface area (Å²) in [6, 6.07) is 7.06. The summed E-state index contributed by atoms with van der Waals surface area (Å²) in [5.41, 5.74) is 6.88. The topological polar surface area (TPSA) is 67.6 Å². The molecule has 2 aromatic rings. The first-order valence-electron chi connectivity index (χ1n) is 4.13. The normalized spacial score (nSPS) is 12.7. The highest BCUT2D eigenvalue weighted by Gasteiger charge is 2.10. The van der Waals surface area contributed by atoms with Crippen LogP contribution in [-0.2, 0) is 0 Å². The average Bonchev–Trinajstić information content (AvgIpc) is 2.71. The van der Waals surface area contributed by atoms with Gasteiger partial charge in [-0.15, -0.1) is 0 Å². The first kappa shape index (κ1) is 9.18. The lowest BCUT2D eigenvalue weighted by Crippen LogP contribution is -2.13. The van der Waals surface area contributed by atoms with Gasteiger partial charge in [0.05, 0.1) is 6.04 Å². The van der Waals surface area contributed by atoms with Gasteiger partial charge in [-0.05, 0) is 17.7 Å². The van der Waals surface area contributed by atoms with Gasteiger partial charge in [0.1, 0.15) is 12.2 Å². The van der Waals surface area contributed by atoms with E-state index in [1.165, 1.54) is 6.33 Å². The molecule has 72 valence electrons. The summed E-state index contributed by atoms with van der Waals surface area (Å²) in [7, 11) is 0. The van der Waals surface area contributed by atoms with Crippen molar-refractivity contribution < 1.29 is 0 Å². The highest BCUT2D eigenvalue weighted by atomic mass is 35.5. The Labute approximate surface area is 86.1 Å². The number of aromatic nitrogens is 3. The number of hydrogen-bond donors (Lipinski definition) is 2. The fraction of sp³-hybridized carbons (Fsp3) is 0.111. The Hall–Kier alpha value is -1.39. The zero-order valence-corrected chi connectivity index (χ0v) is 8.07. The van der Waals surface area contributed by atoms with Crippen LogP contribution in [0.2, 0.25) is 5.02 Å². The number of nitrogens with two attached hydrogens (primary N) is 1. The Kier molecular flexibility index (Phi) is 2.47. The summed E-state index contributed by atoms with van der Waals surface area (Å²) in [5.74, 6) is 0.646. The maximum Gasteiger partial charge on any atom is 0.145 e. The van der Waals surface area contributed by atoms with Gasteiger partial charge in [0.15, 0.2) is 0 Å². The molecule has 1 heterocycles. The molecule has 0 unspecified atom stereocenters. The van der Waals surface area contributed by atoms with E-state index in [1.807, 2.05) is 12.1 Å². The minimum atomic E-state index is -0.283. The monoisotopic (exact) mass is 208 g/mol. The molecule has 1 aromatic carbocycles. The quantitative estimate of drug-likeness (QED) is 0.786. The molecule has 5 heteroatoms. The minimum Gasteiger partial charge on any atom is -0.318 e. The van der Waals surface area contributed by atoms with Crippen molar-refractivity contribution in [3.8, 4) is 0 Å². The molecule has 0 saturated carbocycles. The zero-order chi connectivity index (χ0) is 9.97. The first-order chi connectivity index (χ1) is 6.77. The van der Waals surface area contributed by atoms with E-state index in [0.717, 1.165) is 5.56 Å². The Balaban J connectivity index is 2.28. The summed E-state index contributed by atoms with van der Waals surface area (Å²) < 4.78 is 0. The van der Waals surface area contributed by atoms with Crippen LogP contribution in [-0.4, -0.2) is 15.2 Å². The highest BCUT2D eigenvalue weighted by Crippen LogP contribution is 2.17. The van der Waals surface area contributed by atoms with Gasteiger partial charge in [-0.25, -0.2) is 4.98 Å². The molecule has 1 aromatic heterocycles. The second-order valence-electron chi connectivity index (χ2n) is 2.90. The predicted octanol–water partition coefficient (Wildman–Crippen LogP) is 1.51. The number of halogens is 1. The van der Waals surface area contributed by atoms with Crippen LogP contribution in [0.5, 0.6) is 0 Å². The lowest BCUT2D eigenvalue weighted by atomic mass is 10.1. The summed E-state index contributed by atoms with van der Waals surface area (Å²) in [6.45, 7) is 0. The smallest absolute Gasteiger partial charge is 0.145 e. The Bertz CT molecular complexity index is 395. The molecule has 0 aliphatic heterocycles. The van der Waals surface area contributed by atoms with Gasteiger partial charge in [0.25, 0.3) is 0 Å². The predicted molar refractivity (Wildman–Crippen MR) is 53.9 cm³/mol. The zero-order valence-electron chi connectivity index (χ0n) is 7.31. The lowest BCUT2D eigenvalue weighted by Gasteiger charge is -2.07. The molecule has 0 radical (unpaired) electrons. The van der Waals surface area contributed by atoms with Crippen LogP contribution in [0.4, 0.5) is 0 Å². The van der Waals surface area contributed by atoms with Crippen LogP contribution < -0.4 is 5.73 Å². The molecule has 0 aliphatic carbocycles. The van der Waals surface area contributed by atoms with Crippen molar-refractivity contribution in [2.45, 2.75) is 6.04 Å². The maximum atomic E-state index is 5.93. The van der Waals surface area contributed by atoms with E-state index in [2.05, 4.69) is 15.2 Å². The number of aromatic amines is 1. The van der Waals surface area contributed by atoms with Crippen LogP contribution in [0.3, 0.4) is 0 Å². The third-order valence-corrected chi connectivity index (χ3v) is 2.21. The number of hydrogen-bond acceptors (Lipinski definition) is 3. The second-order valence-corrected chi connectivity index (χ2v) is 3.34. The van der Waals surface area contributed by atoms with E-state index >= 15 is 0 Å². The Morgan fingerprint density at radius 3 is 2.57 bits per heavy atom. The van der Waals surface area contributed by atoms with Crippen molar-refractivity contribution in [3.05, 3.63) is 47.0 Å². The third kappa shape index (κ3) is 1.76. The molecule has 1 atom stereocenters. The number of H-pyrrole nitrogens is 1. The van der Waals surface area contributed by atoms with Crippen molar-refractivity contribution in [2.75, 3.05) is 0 Å². The number of nitrogens with one attached hydrogen (secondary N) is 1. The van der Waals surface area contributed by atoms with E-state index in [9.17, 15) is 0 Å². The van der Waals surface area contributed by atoms with Crippen LogP contribution >= 0.6 is 11.6 Å². The van der Waals surface area contributed by atoms with E-state index in [-0.39, 0.29) is 6.04 Å². The number of rotatable bonds is 2. The van der Waals surface area contributed by atoms with Crippen LogP contribution in [0.15, 0.2) is 30.6 Å². The maximum absolute atomic E-state index is 5.93. The van der Waals surface area contributed by atoms with Gasteiger partial charge in [0, 0.05) is 5.02 Å². The average molecular weight is 209 g/mol. The molecule has 0 amide bonds.